The zero-order chi connectivity index (χ0) is 34.3. The molecule has 266 valence electrons. The fraction of sp³-hybridized carbons (Fsp3) is 0.619. The van der Waals surface area contributed by atoms with Crippen molar-refractivity contribution in [3.63, 3.8) is 0 Å². The van der Waals surface area contributed by atoms with Crippen molar-refractivity contribution in [3.8, 4) is 0 Å². The number of aliphatic hydroxyl groups excluding tert-OH is 1. The van der Waals surface area contributed by atoms with Crippen molar-refractivity contribution in [1.82, 2.24) is 0 Å². The van der Waals surface area contributed by atoms with Crippen LogP contribution in [0, 0.1) is 0 Å². The Bertz CT molecular complexity index is 921. The van der Waals surface area contributed by atoms with Gasteiger partial charge in [0.25, 0.3) is 0 Å². The summed E-state index contributed by atoms with van der Waals surface area (Å²) in [5.74, 6) is -0.643. The van der Waals surface area contributed by atoms with Gasteiger partial charge in [-0.1, -0.05) is 137 Å². The van der Waals surface area contributed by atoms with E-state index in [4.69, 9.17) is 9.47 Å². The topological polar surface area (TPSA) is 72.8 Å². The number of carbonyl (C=O) groups is 2. The maximum atomic E-state index is 12.1. The monoisotopic (exact) mass is 653 g/mol. The normalized spacial score (nSPS) is 13.2. The number of hydrogen-bond donors (Lipinski definition) is 1. The number of esters is 2. The molecule has 0 saturated carbocycles. The van der Waals surface area contributed by atoms with E-state index >= 15 is 0 Å². The Hall–Kier alpha value is -2.92. The highest BCUT2D eigenvalue weighted by Gasteiger charge is 2.16. The van der Waals surface area contributed by atoms with E-state index in [1.54, 1.807) is 0 Å². The van der Waals surface area contributed by atoms with E-state index in [-0.39, 0.29) is 25.2 Å². The molecular formula is C42H68O5. The first-order chi connectivity index (χ1) is 23.1. The molecule has 1 unspecified atom stereocenters. The average Bonchev–Trinajstić information content (AvgIpc) is 3.07. The first kappa shape index (κ1) is 44.1. The summed E-state index contributed by atoms with van der Waals surface area (Å²) >= 11 is 0. The van der Waals surface area contributed by atoms with E-state index in [0.717, 1.165) is 103 Å². The molecule has 0 aromatic rings. The van der Waals surface area contributed by atoms with Crippen LogP contribution in [-0.2, 0) is 19.1 Å². The molecule has 0 aliphatic rings. The number of unbranched alkanes of at least 4 members (excludes halogenated alkanes) is 10. The number of allylic oxidation sites excluding steroid dienone is 14. The first-order valence-corrected chi connectivity index (χ1v) is 18.6. The molecule has 1 atom stereocenters. The summed E-state index contributed by atoms with van der Waals surface area (Å²) in [6, 6.07) is 0. The average molecular weight is 653 g/mol. The minimum Gasteiger partial charge on any atom is -0.462 e. The van der Waals surface area contributed by atoms with Crippen molar-refractivity contribution in [2.24, 2.45) is 0 Å². The molecule has 0 saturated heterocycles. The van der Waals surface area contributed by atoms with Crippen molar-refractivity contribution < 1.29 is 24.2 Å². The van der Waals surface area contributed by atoms with Crippen LogP contribution in [0.4, 0.5) is 0 Å². The molecule has 0 aromatic heterocycles. The molecular weight excluding hydrogens is 584 g/mol. The summed E-state index contributed by atoms with van der Waals surface area (Å²) < 4.78 is 10.5. The number of aliphatic hydroxyl groups is 1. The van der Waals surface area contributed by atoms with Gasteiger partial charge in [0.05, 0.1) is 6.61 Å². The molecule has 5 nitrogen and oxygen atoms in total. The smallest absolute Gasteiger partial charge is 0.306 e. The molecule has 0 rings (SSSR count). The number of rotatable bonds is 32. The Labute approximate surface area is 288 Å². The quantitative estimate of drug-likeness (QED) is 0.0445. The van der Waals surface area contributed by atoms with Crippen molar-refractivity contribution in [2.45, 2.75) is 155 Å². The lowest BCUT2D eigenvalue weighted by molar-refractivity contribution is -0.161. The second-order valence-electron chi connectivity index (χ2n) is 11.9. The Balaban J connectivity index is 3.68. The van der Waals surface area contributed by atoms with Crippen LogP contribution >= 0.6 is 0 Å². The lowest BCUT2D eigenvalue weighted by Crippen LogP contribution is -2.28. The third kappa shape index (κ3) is 35.8. The summed E-state index contributed by atoms with van der Waals surface area (Å²) in [6.45, 7) is 3.90. The van der Waals surface area contributed by atoms with Gasteiger partial charge in [0.15, 0.2) is 6.10 Å². The Kier molecular flexibility index (Phi) is 35.2. The van der Waals surface area contributed by atoms with Crippen molar-refractivity contribution in [3.05, 3.63) is 85.1 Å². The van der Waals surface area contributed by atoms with Crippen molar-refractivity contribution >= 4 is 11.9 Å². The minimum atomic E-state index is -0.791. The molecule has 1 N–H and O–H groups in total. The Morgan fingerprint density at radius 1 is 0.511 bits per heavy atom. The summed E-state index contributed by atoms with van der Waals surface area (Å²) in [4.78, 5) is 24.1. The van der Waals surface area contributed by atoms with E-state index in [1.807, 2.05) is 0 Å². The molecule has 0 radical (unpaired) electrons. The highest BCUT2D eigenvalue weighted by atomic mass is 16.6. The molecule has 0 aromatic carbocycles. The minimum absolute atomic E-state index is 0.0862. The van der Waals surface area contributed by atoms with Gasteiger partial charge in [-0.15, -0.1) is 0 Å². The summed E-state index contributed by atoms with van der Waals surface area (Å²) in [6.07, 6.45) is 50.7. The van der Waals surface area contributed by atoms with E-state index < -0.39 is 6.10 Å². The van der Waals surface area contributed by atoms with Crippen molar-refractivity contribution in [2.75, 3.05) is 13.2 Å². The molecule has 0 aliphatic carbocycles. The van der Waals surface area contributed by atoms with Crippen LogP contribution in [0.3, 0.4) is 0 Å². The van der Waals surface area contributed by atoms with Gasteiger partial charge in [0.1, 0.15) is 6.61 Å². The van der Waals surface area contributed by atoms with Gasteiger partial charge < -0.3 is 14.6 Å². The third-order valence-electron chi connectivity index (χ3n) is 7.40. The molecule has 0 spiro atoms. The molecule has 0 aliphatic heterocycles. The maximum absolute atomic E-state index is 12.1. The highest BCUT2D eigenvalue weighted by Crippen LogP contribution is 2.10. The van der Waals surface area contributed by atoms with Crippen LogP contribution < -0.4 is 0 Å². The van der Waals surface area contributed by atoms with Crippen LogP contribution in [0.25, 0.3) is 0 Å². The molecule has 0 heterocycles. The predicted molar refractivity (Wildman–Crippen MR) is 200 cm³/mol. The second-order valence-corrected chi connectivity index (χ2v) is 11.9. The standard InChI is InChI=1S/C42H68O5/c1-3-5-7-9-11-13-15-16-17-18-19-20-21-22-23-24-25-26-27-29-31-33-35-37-42(45)47-40(38-43)39-46-41(44)36-34-32-30-28-14-12-10-8-6-4-2/h5,7-8,10-11,13,16-17,19-20,22-23,25-26,40,43H,3-4,6,9,12,14-15,18,21,24,27-39H2,1-2H3/b7-5-,10-8-,13-11-,17-16-,20-19-,23-22-,26-25-. The molecule has 5 heteroatoms. The van der Waals surface area contributed by atoms with E-state index in [0.29, 0.717) is 12.8 Å². The number of carbonyl (C=O) groups excluding carboxylic acids is 2. The maximum Gasteiger partial charge on any atom is 0.306 e. The molecule has 0 fully saturated rings. The van der Waals surface area contributed by atoms with Gasteiger partial charge in [-0.3, -0.25) is 9.59 Å². The van der Waals surface area contributed by atoms with Gasteiger partial charge >= 0.3 is 11.9 Å². The molecule has 47 heavy (non-hydrogen) atoms. The number of hydrogen-bond acceptors (Lipinski definition) is 5. The van der Waals surface area contributed by atoms with Crippen LogP contribution in [0.15, 0.2) is 85.1 Å². The van der Waals surface area contributed by atoms with Crippen molar-refractivity contribution in [1.29, 1.82) is 0 Å². The fourth-order valence-corrected chi connectivity index (χ4v) is 4.62. The summed E-state index contributed by atoms with van der Waals surface area (Å²) in [5, 5.41) is 9.52. The Morgan fingerprint density at radius 3 is 1.40 bits per heavy atom. The molecule has 0 bridgehead atoms. The highest BCUT2D eigenvalue weighted by molar-refractivity contribution is 5.70. The van der Waals surface area contributed by atoms with E-state index in [2.05, 4.69) is 98.9 Å². The summed E-state index contributed by atoms with van der Waals surface area (Å²) in [5.41, 5.74) is 0. The van der Waals surface area contributed by atoms with E-state index in [9.17, 15) is 14.7 Å². The van der Waals surface area contributed by atoms with Gasteiger partial charge in [0, 0.05) is 12.8 Å². The van der Waals surface area contributed by atoms with Crippen LogP contribution in [0.1, 0.15) is 149 Å². The largest absolute Gasteiger partial charge is 0.462 e. The summed E-state index contributed by atoms with van der Waals surface area (Å²) in [7, 11) is 0. The lowest BCUT2D eigenvalue weighted by atomic mass is 10.1. The van der Waals surface area contributed by atoms with Gasteiger partial charge in [-0.2, -0.15) is 0 Å². The Morgan fingerprint density at radius 2 is 0.915 bits per heavy atom. The first-order valence-electron chi connectivity index (χ1n) is 18.6. The predicted octanol–water partition coefficient (Wildman–Crippen LogP) is 11.6. The van der Waals surface area contributed by atoms with Crippen LogP contribution in [0.2, 0.25) is 0 Å². The van der Waals surface area contributed by atoms with Crippen LogP contribution in [0.5, 0.6) is 0 Å². The zero-order valence-corrected chi connectivity index (χ0v) is 30.0. The second kappa shape index (κ2) is 37.5. The van der Waals surface area contributed by atoms with Gasteiger partial charge in [-0.25, -0.2) is 0 Å². The number of ether oxygens (including phenoxy) is 2. The van der Waals surface area contributed by atoms with Crippen LogP contribution in [-0.4, -0.2) is 36.4 Å². The SMILES string of the molecule is CC/C=C\C/C=C\C/C=C\C/C=C\C/C=C\C/C=C\CCCCCCC(=O)OC(CO)COC(=O)CCCCCCC/C=C\CCC. The third-order valence-corrected chi connectivity index (χ3v) is 7.40. The van der Waals surface area contributed by atoms with E-state index in [1.165, 1.54) is 19.3 Å². The fourth-order valence-electron chi connectivity index (χ4n) is 4.62. The molecule has 0 amide bonds. The zero-order valence-electron chi connectivity index (χ0n) is 30.0. The van der Waals surface area contributed by atoms with Gasteiger partial charge in [0.2, 0.25) is 0 Å². The van der Waals surface area contributed by atoms with Gasteiger partial charge in [-0.05, 0) is 83.5 Å². The lowest BCUT2D eigenvalue weighted by Gasteiger charge is -2.15.